The molecule has 31 heavy (non-hydrogen) atoms. The third-order valence-corrected chi connectivity index (χ3v) is 7.14. The number of amides is 1. The number of hydrogen-bond acceptors (Lipinski definition) is 6. The van der Waals surface area contributed by atoms with Crippen LogP contribution < -0.4 is 5.32 Å². The van der Waals surface area contributed by atoms with Gasteiger partial charge in [0.1, 0.15) is 11.9 Å². The molecule has 1 saturated carbocycles. The van der Waals surface area contributed by atoms with Gasteiger partial charge in [-0.1, -0.05) is 0 Å². The zero-order chi connectivity index (χ0) is 21.0. The third-order valence-electron chi connectivity index (χ3n) is 7.14. The van der Waals surface area contributed by atoms with Gasteiger partial charge in [-0.3, -0.25) is 9.48 Å². The van der Waals surface area contributed by atoms with Gasteiger partial charge >= 0.3 is 0 Å². The summed E-state index contributed by atoms with van der Waals surface area (Å²) in [7, 11) is 0. The number of rotatable bonds is 5. The predicted octanol–water partition coefficient (Wildman–Crippen LogP) is 2.36. The number of aromatic nitrogens is 2. The first-order valence-electron chi connectivity index (χ1n) is 11.4. The van der Waals surface area contributed by atoms with E-state index >= 15 is 0 Å². The molecule has 2 aromatic heterocycles. The quantitative estimate of drug-likeness (QED) is 0.788. The molecular weight excluding hydrogens is 398 g/mol. The van der Waals surface area contributed by atoms with Crippen LogP contribution in [0.1, 0.15) is 53.1 Å². The Hall–Kier alpha value is -2.16. The SMILES string of the molecule is Cc1c(C(=O)NC[C@@H]2CCCO2)oc2c1-c1nn(C[C@H]3COCCO3)cc1C1(CC1)C2. The molecule has 1 amide bonds. The number of nitrogens with zero attached hydrogens (tertiary/aromatic N) is 2. The standard InChI is InChI=1S/C23H29N3O5/c1-14-19-18(31-21(14)22(27)24-10-15-3-2-6-29-15)9-23(4-5-23)17-12-26(25-20(17)19)11-16-13-28-7-8-30-16/h12,15-16H,2-11,13H2,1H3,(H,24,27)/t15-,16-/m0/s1. The molecule has 1 N–H and O–H groups in total. The summed E-state index contributed by atoms with van der Waals surface area (Å²) < 4.78 is 25.1. The van der Waals surface area contributed by atoms with Crippen LogP contribution in [0.2, 0.25) is 0 Å². The van der Waals surface area contributed by atoms with Crippen molar-refractivity contribution in [1.82, 2.24) is 15.1 Å². The molecule has 0 aromatic carbocycles. The molecule has 4 aliphatic rings. The number of carbonyl (C=O) groups excluding carboxylic acids is 1. The van der Waals surface area contributed by atoms with E-state index in [-0.39, 0.29) is 23.5 Å². The van der Waals surface area contributed by atoms with E-state index in [2.05, 4.69) is 11.5 Å². The van der Waals surface area contributed by atoms with Crippen LogP contribution >= 0.6 is 0 Å². The summed E-state index contributed by atoms with van der Waals surface area (Å²) in [6.07, 6.45) is 7.46. The van der Waals surface area contributed by atoms with Gasteiger partial charge in [-0.05, 0) is 32.6 Å². The molecule has 0 radical (unpaired) electrons. The van der Waals surface area contributed by atoms with Gasteiger partial charge in [-0.2, -0.15) is 5.10 Å². The maximum absolute atomic E-state index is 12.9. The van der Waals surface area contributed by atoms with Gasteiger partial charge < -0.3 is 23.9 Å². The van der Waals surface area contributed by atoms with Gasteiger partial charge in [0.05, 0.1) is 38.2 Å². The lowest BCUT2D eigenvalue weighted by Crippen LogP contribution is -2.32. The Balaban J connectivity index is 1.28. The molecule has 2 aliphatic carbocycles. The van der Waals surface area contributed by atoms with E-state index in [1.807, 2.05) is 11.6 Å². The number of fused-ring (bicyclic) bond motifs is 4. The van der Waals surface area contributed by atoms with Crippen molar-refractivity contribution in [2.45, 2.75) is 63.2 Å². The van der Waals surface area contributed by atoms with Crippen LogP contribution in [0.15, 0.2) is 10.6 Å². The minimum absolute atomic E-state index is 0.0225. The lowest BCUT2D eigenvalue weighted by molar-refractivity contribution is -0.0946. The van der Waals surface area contributed by atoms with Crippen LogP contribution in [-0.4, -0.2) is 60.9 Å². The van der Waals surface area contributed by atoms with Crippen molar-refractivity contribution in [2.24, 2.45) is 0 Å². The second kappa shape index (κ2) is 7.46. The van der Waals surface area contributed by atoms with Crippen LogP contribution in [-0.2, 0) is 32.6 Å². The van der Waals surface area contributed by atoms with Gasteiger partial charge in [-0.15, -0.1) is 0 Å². The van der Waals surface area contributed by atoms with Crippen LogP contribution in [0.3, 0.4) is 0 Å². The zero-order valence-electron chi connectivity index (χ0n) is 17.9. The molecule has 8 heteroatoms. The van der Waals surface area contributed by atoms with E-state index in [4.69, 9.17) is 23.7 Å². The Morgan fingerprint density at radius 2 is 2.13 bits per heavy atom. The van der Waals surface area contributed by atoms with Crippen molar-refractivity contribution in [3.8, 4) is 11.3 Å². The Labute approximate surface area is 181 Å². The highest BCUT2D eigenvalue weighted by Crippen LogP contribution is 2.58. The van der Waals surface area contributed by atoms with Crippen LogP contribution in [0.5, 0.6) is 0 Å². The molecular formula is C23H29N3O5. The molecule has 2 aliphatic heterocycles. The van der Waals surface area contributed by atoms with E-state index in [1.54, 1.807) is 0 Å². The highest BCUT2D eigenvalue weighted by molar-refractivity contribution is 5.95. The largest absolute Gasteiger partial charge is 0.455 e. The molecule has 1 spiro atoms. The van der Waals surface area contributed by atoms with Crippen LogP contribution in [0, 0.1) is 6.92 Å². The van der Waals surface area contributed by atoms with E-state index in [9.17, 15) is 4.79 Å². The summed E-state index contributed by atoms with van der Waals surface area (Å²) >= 11 is 0. The average molecular weight is 428 g/mol. The summed E-state index contributed by atoms with van der Waals surface area (Å²) in [5, 5.41) is 7.93. The summed E-state index contributed by atoms with van der Waals surface area (Å²) in [5.41, 5.74) is 4.23. The Bertz CT molecular complexity index is 993. The predicted molar refractivity (Wildman–Crippen MR) is 111 cm³/mol. The number of ether oxygens (including phenoxy) is 3. The van der Waals surface area contributed by atoms with Gasteiger partial charge in [-0.25, -0.2) is 0 Å². The highest BCUT2D eigenvalue weighted by Gasteiger charge is 2.52. The molecule has 2 aromatic rings. The molecule has 2 atom stereocenters. The Kier molecular flexibility index (Phi) is 4.70. The molecule has 166 valence electrons. The second-order valence-corrected chi connectivity index (χ2v) is 9.34. The molecule has 0 unspecified atom stereocenters. The normalized spacial score (nSPS) is 26.0. The van der Waals surface area contributed by atoms with E-state index in [1.165, 1.54) is 5.56 Å². The van der Waals surface area contributed by atoms with E-state index < -0.39 is 0 Å². The first-order chi connectivity index (χ1) is 15.1. The summed E-state index contributed by atoms with van der Waals surface area (Å²) in [6, 6.07) is 0. The summed E-state index contributed by atoms with van der Waals surface area (Å²) in [4.78, 5) is 12.9. The van der Waals surface area contributed by atoms with Crippen molar-refractivity contribution >= 4 is 5.91 Å². The van der Waals surface area contributed by atoms with E-state index in [0.717, 1.165) is 61.3 Å². The minimum Gasteiger partial charge on any atom is -0.455 e. The molecule has 4 heterocycles. The van der Waals surface area contributed by atoms with Crippen LogP contribution in [0.25, 0.3) is 11.3 Å². The highest BCUT2D eigenvalue weighted by atomic mass is 16.6. The number of nitrogens with one attached hydrogen (secondary N) is 1. The fourth-order valence-electron chi connectivity index (χ4n) is 5.25. The maximum atomic E-state index is 12.9. The van der Waals surface area contributed by atoms with Crippen molar-refractivity contribution in [1.29, 1.82) is 0 Å². The summed E-state index contributed by atoms with van der Waals surface area (Å²) in [6.45, 7) is 5.83. The van der Waals surface area contributed by atoms with Gasteiger partial charge in [0.15, 0.2) is 5.76 Å². The minimum atomic E-state index is -0.166. The monoisotopic (exact) mass is 427 g/mol. The van der Waals surface area contributed by atoms with Crippen molar-refractivity contribution in [3.05, 3.63) is 28.8 Å². The second-order valence-electron chi connectivity index (χ2n) is 9.34. The van der Waals surface area contributed by atoms with Crippen molar-refractivity contribution in [3.63, 3.8) is 0 Å². The Morgan fingerprint density at radius 3 is 2.87 bits per heavy atom. The molecule has 0 bridgehead atoms. The number of carbonyl (C=O) groups is 1. The van der Waals surface area contributed by atoms with Gasteiger partial charge in [0, 0.05) is 47.9 Å². The Morgan fingerprint density at radius 1 is 1.26 bits per heavy atom. The topological polar surface area (TPSA) is 87.8 Å². The lowest BCUT2D eigenvalue weighted by Gasteiger charge is -2.22. The maximum Gasteiger partial charge on any atom is 0.287 e. The molecule has 6 rings (SSSR count). The number of hydrogen-bond donors (Lipinski definition) is 1. The molecule has 2 saturated heterocycles. The first kappa shape index (κ1) is 19.5. The zero-order valence-corrected chi connectivity index (χ0v) is 17.9. The van der Waals surface area contributed by atoms with Gasteiger partial charge in [0.2, 0.25) is 0 Å². The summed E-state index contributed by atoms with van der Waals surface area (Å²) in [5.74, 6) is 1.14. The molecule has 8 nitrogen and oxygen atoms in total. The average Bonchev–Trinajstić information content (AvgIpc) is 3.13. The lowest BCUT2D eigenvalue weighted by atomic mass is 9.82. The smallest absolute Gasteiger partial charge is 0.287 e. The third kappa shape index (κ3) is 3.41. The van der Waals surface area contributed by atoms with Crippen LogP contribution in [0.4, 0.5) is 0 Å². The number of furan rings is 1. The first-order valence-corrected chi connectivity index (χ1v) is 11.4. The van der Waals surface area contributed by atoms with Gasteiger partial charge in [0.25, 0.3) is 5.91 Å². The van der Waals surface area contributed by atoms with Crippen molar-refractivity contribution in [2.75, 3.05) is 33.0 Å². The fraction of sp³-hybridized carbons (Fsp3) is 0.652. The fourth-order valence-corrected chi connectivity index (χ4v) is 5.25. The molecule has 3 fully saturated rings. The van der Waals surface area contributed by atoms with E-state index in [0.29, 0.717) is 38.7 Å². The van der Waals surface area contributed by atoms with Crippen molar-refractivity contribution < 1.29 is 23.4 Å².